The average molecular weight is 342 g/mol. The highest BCUT2D eigenvalue weighted by Gasteiger charge is 2.32. The van der Waals surface area contributed by atoms with Crippen molar-refractivity contribution in [2.45, 2.75) is 25.3 Å². The molecule has 1 aromatic carbocycles. The van der Waals surface area contributed by atoms with Crippen molar-refractivity contribution in [2.24, 2.45) is 0 Å². The maximum Gasteiger partial charge on any atom is 0.318 e. The van der Waals surface area contributed by atoms with E-state index in [9.17, 15) is 0 Å². The topological polar surface area (TPSA) is 63.9 Å². The summed E-state index contributed by atoms with van der Waals surface area (Å²) in [5.74, 6) is 2.06. The first-order valence-corrected chi connectivity index (χ1v) is 9.09. The Kier molecular flexibility index (Phi) is 3.73. The molecule has 0 atom stereocenters. The van der Waals surface area contributed by atoms with Gasteiger partial charge in [-0.15, -0.1) is 5.10 Å². The van der Waals surface area contributed by atoms with Gasteiger partial charge in [-0.3, -0.25) is 0 Å². The first-order chi connectivity index (χ1) is 12.4. The van der Waals surface area contributed by atoms with Gasteiger partial charge in [-0.25, -0.2) is 0 Å². The summed E-state index contributed by atoms with van der Waals surface area (Å²) in [6, 6.07) is 6.94. The molecule has 3 saturated heterocycles. The molecular weight excluding hydrogens is 320 g/mol. The van der Waals surface area contributed by atoms with Crippen LogP contribution < -0.4 is 14.4 Å². The third-order valence-corrected chi connectivity index (χ3v) is 5.31. The molecule has 2 bridgehead atoms. The van der Waals surface area contributed by atoms with Gasteiger partial charge >= 0.3 is 6.01 Å². The highest BCUT2D eigenvalue weighted by atomic mass is 16.5. The lowest BCUT2D eigenvalue weighted by Crippen LogP contribution is -2.38. The molecule has 2 aromatic rings. The van der Waals surface area contributed by atoms with Crippen LogP contribution in [0.15, 0.2) is 22.6 Å². The summed E-state index contributed by atoms with van der Waals surface area (Å²) >= 11 is 0. The Balaban J connectivity index is 1.42. The van der Waals surface area contributed by atoms with Crippen molar-refractivity contribution < 1.29 is 13.9 Å². The van der Waals surface area contributed by atoms with Gasteiger partial charge in [-0.2, -0.15) is 0 Å². The molecule has 132 valence electrons. The number of aromatic nitrogens is 2. The molecule has 1 aromatic heterocycles. The summed E-state index contributed by atoms with van der Waals surface area (Å²) in [7, 11) is 0. The number of benzene rings is 1. The van der Waals surface area contributed by atoms with Crippen LogP contribution in [0.25, 0.3) is 11.5 Å². The Morgan fingerprint density at radius 1 is 0.920 bits per heavy atom. The number of hydrogen-bond donors (Lipinski definition) is 0. The zero-order valence-electron chi connectivity index (χ0n) is 14.2. The quantitative estimate of drug-likeness (QED) is 0.829. The minimum atomic E-state index is 0.510. The molecule has 0 radical (unpaired) electrons. The van der Waals surface area contributed by atoms with E-state index in [1.807, 2.05) is 18.2 Å². The molecule has 4 aliphatic heterocycles. The van der Waals surface area contributed by atoms with E-state index in [-0.39, 0.29) is 0 Å². The Hall–Kier alpha value is -2.28. The van der Waals surface area contributed by atoms with Crippen LogP contribution in [0.5, 0.6) is 11.5 Å². The van der Waals surface area contributed by atoms with Crippen molar-refractivity contribution in [1.29, 1.82) is 0 Å². The fourth-order valence-electron chi connectivity index (χ4n) is 3.88. The van der Waals surface area contributed by atoms with Gasteiger partial charge < -0.3 is 23.7 Å². The van der Waals surface area contributed by atoms with Crippen molar-refractivity contribution in [1.82, 2.24) is 15.1 Å². The summed E-state index contributed by atoms with van der Waals surface area (Å²) in [6.45, 7) is 5.71. The smallest absolute Gasteiger partial charge is 0.318 e. The average Bonchev–Trinajstić information content (AvgIpc) is 2.82. The van der Waals surface area contributed by atoms with Crippen molar-refractivity contribution in [3.05, 3.63) is 18.2 Å². The van der Waals surface area contributed by atoms with Crippen LogP contribution in [0, 0.1) is 0 Å². The minimum absolute atomic E-state index is 0.510. The van der Waals surface area contributed by atoms with E-state index in [0.717, 1.165) is 36.6 Å². The lowest BCUT2D eigenvalue weighted by atomic mass is 10.1. The number of ether oxygens (including phenoxy) is 2. The van der Waals surface area contributed by atoms with Crippen molar-refractivity contribution in [3.8, 4) is 23.0 Å². The van der Waals surface area contributed by atoms with Crippen LogP contribution in [0.4, 0.5) is 6.01 Å². The number of piperidine rings is 1. The van der Waals surface area contributed by atoms with Crippen LogP contribution in [-0.4, -0.2) is 60.5 Å². The van der Waals surface area contributed by atoms with Crippen LogP contribution in [0.1, 0.15) is 19.3 Å². The number of rotatable bonds is 2. The number of hydrogen-bond acceptors (Lipinski definition) is 7. The first-order valence-electron chi connectivity index (χ1n) is 9.09. The molecule has 3 fully saturated rings. The summed E-state index contributed by atoms with van der Waals surface area (Å²) in [6.07, 6.45) is 3.23. The molecule has 6 rings (SSSR count). The molecule has 5 heterocycles. The Morgan fingerprint density at radius 3 is 2.64 bits per heavy atom. The predicted molar refractivity (Wildman–Crippen MR) is 92.1 cm³/mol. The Morgan fingerprint density at radius 2 is 1.76 bits per heavy atom. The van der Waals surface area contributed by atoms with Gasteiger partial charge in [0, 0.05) is 44.2 Å². The molecule has 0 N–H and O–H groups in total. The van der Waals surface area contributed by atoms with E-state index in [1.165, 1.54) is 25.9 Å². The number of nitrogens with zero attached hydrogens (tertiary/aromatic N) is 4. The highest BCUT2D eigenvalue weighted by molar-refractivity contribution is 5.60. The van der Waals surface area contributed by atoms with Gasteiger partial charge in [-0.05, 0) is 31.0 Å². The minimum Gasteiger partial charge on any atom is -0.490 e. The van der Waals surface area contributed by atoms with Crippen molar-refractivity contribution in [2.75, 3.05) is 44.3 Å². The van der Waals surface area contributed by atoms with E-state index >= 15 is 0 Å². The highest BCUT2D eigenvalue weighted by Crippen LogP contribution is 2.35. The largest absolute Gasteiger partial charge is 0.490 e. The lowest BCUT2D eigenvalue weighted by Gasteiger charge is -2.29. The summed E-state index contributed by atoms with van der Waals surface area (Å²) in [5.41, 5.74) is 0.867. The summed E-state index contributed by atoms with van der Waals surface area (Å²) in [4.78, 5) is 4.80. The van der Waals surface area contributed by atoms with E-state index in [4.69, 9.17) is 13.9 Å². The monoisotopic (exact) mass is 342 g/mol. The lowest BCUT2D eigenvalue weighted by molar-refractivity contribution is 0.249. The third-order valence-electron chi connectivity index (χ3n) is 5.31. The standard InChI is InChI=1S/C18H22N4O3/c1-10-23-15-3-2-13(12-16(15)24-11-1)17-19-20-18(25-17)22-9-8-21-6-4-14(22)5-7-21/h2-3,12,14H,1,4-11H2. The van der Waals surface area contributed by atoms with E-state index in [1.54, 1.807) is 0 Å². The zero-order valence-corrected chi connectivity index (χ0v) is 14.2. The molecule has 0 amide bonds. The number of anilines is 1. The molecule has 0 unspecified atom stereocenters. The second-order valence-electron chi connectivity index (χ2n) is 6.87. The van der Waals surface area contributed by atoms with Gasteiger partial charge in [0.25, 0.3) is 0 Å². The second kappa shape index (κ2) is 6.22. The molecule has 0 spiro atoms. The summed E-state index contributed by atoms with van der Waals surface area (Å²) < 4.78 is 17.5. The molecule has 7 heteroatoms. The van der Waals surface area contributed by atoms with Crippen LogP contribution in [0.2, 0.25) is 0 Å². The molecular formula is C18H22N4O3. The van der Waals surface area contributed by atoms with Crippen molar-refractivity contribution in [3.63, 3.8) is 0 Å². The van der Waals surface area contributed by atoms with E-state index in [0.29, 0.717) is 31.2 Å². The maximum atomic E-state index is 6.03. The normalized spacial score (nSPS) is 25.5. The van der Waals surface area contributed by atoms with Gasteiger partial charge in [-0.1, -0.05) is 5.10 Å². The second-order valence-corrected chi connectivity index (χ2v) is 6.87. The maximum absolute atomic E-state index is 6.03. The molecule has 25 heavy (non-hydrogen) atoms. The zero-order chi connectivity index (χ0) is 16.6. The molecule has 0 aliphatic carbocycles. The molecule has 4 aliphatic rings. The van der Waals surface area contributed by atoms with E-state index in [2.05, 4.69) is 20.0 Å². The van der Waals surface area contributed by atoms with Crippen LogP contribution in [-0.2, 0) is 0 Å². The van der Waals surface area contributed by atoms with Gasteiger partial charge in [0.2, 0.25) is 5.89 Å². The van der Waals surface area contributed by atoms with Crippen LogP contribution >= 0.6 is 0 Å². The SMILES string of the molecule is c1cc2c(cc1-c1nnc(N3CCN4CCC3CC4)o1)OCCCO2. The fourth-order valence-corrected chi connectivity index (χ4v) is 3.88. The van der Waals surface area contributed by atoms with Gasteiger partial charge in [0.1, 0.15) is 0 Å². The van der Waals surface area contributed by atoms with Gasteiger partial charge in [0.15, 0.2) is 11.5 Å². The van der Waals surface area contributed by atoms with Crippen LogP contribution in [0.3, 0.4) is 0 Å². The molecule has 0 saturated carbocycles. The molecule has 7 nitrogen and oxygen atoms in total. The fraction of sp³-hybridized carbons (Fsp3) is 0.556. The number of fused-ring (bicyclic) bond motifs is 5. The van der Waals surface area contributed by atoms with Crippen molar-refractivity contribution >= 4 is 6.01 Å². The predicted octanol–water partition coefficient (Wildman–Crippen LogP) is 2.18. The Bertz CT molecular complexity index is 755. The first kappa shape index (κ1) is 15.0. The van der Waals surface area contributed by atoms with E-state index < -0.39 is 0 Å². The third kappa shape index (κ3) is 2.82. The summed E-state index contributed by atoms with van der Waals surface area (Å²) in [5, 5.41) is 8.60. The Labute approximate surface area is 146 Å². The van der Waals surface area contributed by atoms with Gasteiger partial charge in [0.05, 0.1) is 13.2 Å².